The van der Waals surface area contributed by atoms with Gasteiger partial charge in [0.25, 0.3) is 0 Å². The molecule has 25 heavy (non-hydrogen) atoms. The van der Waals surface area contributed by atoms with Crippen LogP contribution in [-0.4, -0.2) is 30.5 Å². The van der Waals surface area contributed by atoms with Crippen LogP contribution >= 0.6 is 0 Å². The van der Waals surface area contributed by atoms with E-state index in [1.165, 1.54) is 45.6 Å². The quantitative estimate of drug-likeness (QED) is 0.749. The molecule has 8 atom stereocenters. The maximum atomic E-state index is 11.8. The molecule has 0 spiro atoms. The molecule has 4 saturated carbocycles. The molecule has 4 aliphatic carbocycles. The number of rotatable bonds is 1. The van der Waals surface area contributed by atoms with Crippen molar-refractivity contribution in [2.45, 2.75) is 83.8 Å². The molecule has 4 nitrogen and oxygen atoms in total. The molecule has 0 aromatic carbocycles. The molecule has 0 heterocycles. The summed E-state index contributed by atoms with van der Waals surface area (Å²) in [4.78, 5) is 11.8. The van der Waals surface area contributed by atoms with Gasteiger partial charge < -0.3 is 15.2 Å². The summed E-state index contributed by atoms with van der Waals surface area (Å²) >= 11 is 0. The van der Waals surface area contributed by atoms with Crippen molar-refractivity contribution in [1.29, 1.82) is 0 Å². The van der Waals surface area contributed by atoms with Crippen molar-refractivity contribution < 1.29 is 14.6 Å². The van der Waals surface area contributed by atoms with E-state index in [9.17, 15) is 9.90 Å². The van der Waals surface area contributed by atoms with Crippen LogP contribution in [0.25, 0.3) is 0 Å². The van der Waals surface area contributed by atoms with E-state index in [-0.39, 0.29) is 23.7 Å². The molecular weight excluding hydrogens is 314 g/mol. The predicted octanol–water partition coefficient (Wildman–Crippen LogP) is 4.11. The third kappa shape index (κ3) is 2.62. The van der Waals surface area contributed by atoms with Gasteiger partial charge in [-0.2, -0.15) is 0 Å². The average molecular weight is 350 g/mol. The number of nitrogens with one attached hydrogen (secondary N) is 1. The summed E-state index contributed by atoms with van der Waals surface area (Å²) in [6.07, 6.45) is 10.3. The number of ether oxygens (including phenoxy) is 1. The first-order chi connectivity index (χ1) is 11.9. The first kappa shape index (κ1) is 17.6. The second-order valence-corrected chi connectivity index (χ2v) is 9.90. The summed E-state index contributed by atoms with van der Waals surface area (Å²) < 4.78 is 4.87. The number of carbonyl (C=O) groups excluding carboxylic acids is 1. The van der Waals surface area contributed by atoms with E-state index in [4.69, 9.17) is 4.74 Å². The Morgan fingerprint density at radius 3 is 2.48 bits per heavy atom. The average Bonchev–Trinajstić information content (AvgIpc) is 2.92. The first-order valence-corrected chi connectivity index (χ1v) is 10.4. The van der Waals surface area contributed by atoms with E-state index < -0.39 is 0 Å². The van der Waals surface area contributed by atoms with Crippen LogP contribution in [0, 0.1) is 34.5 Å². The van der Waals surface area contributed by atoms with E-state index in [0.717, 1.165) is 37.0 Å². The van der Waals surface area contributed by atoms with Gasteiger partial charge in [0.1, 0.15) is 0 Å². The summed E-state index contributed by atoms with van der Waals surface area (Å²) in [6, 6.07) is 0.268. The monoisotopic (exact) mass is 349 g/mol. The van der Waals surface area contributed by atoms with E-state index in [0.29, 0.717) is 11.3 Å². The van der Waals surface area contributed by atoms with Crippen molar-refractivity contribution >= 4 is 6.09 Å². The zero-order valence-electron chi connectivity index (χ0n) is 16.1. The first-order valence-electron chi connectivity index (χ1n) is 10.4. The molecule has 0 aromatic heterocycles. The normalized spacial score (nSPS) is 51.8. The highest BCUT2D eigenvalue weighted by atomic mass is 16.5. The minimum absolute atomic E-state index is 0.0661. The lowest BCUT2D eigenvalue weighted by molar-refractivity contribution is -0.123. The highest BCUT2D eigenvalue weighted by molar-refractivity contribution is 5.67. The summed E-state index contributed by atoms with van der Waals surface area (Å²) in [6.45, 7) is 4.95. The molecule has 4 heteroatoms. The lowest BCUT2D eigenvalue weighted by Gasteiger charge is -2.60. The Morgan fingerprint density at radius 2 is 1.72 bits per heavy atom. The van der Waals surface area contributed by atoms with Gasteiger partial charge in [0.05, 0.1) is 13.2 Å². The van der Waals surface area contributed by atoms with Gasteiger partial charge in [0.2, 0.25) is 0 Å². The second-order valence-electron chi connectivity index (χ2n) is 9.90. The van der Waals surface area contributed by atoms with Crippen LogP contribution in [0.3, 0.4) is 0 Å². The Labute approximate surface area is 152 Å². The zero-order valence-corrected chi connectivity index (χ0v) is 16.1. The molecular formula is C21H35NO3. The molecule has 0 saturated heterocycles. The molecule has 1 amide bonds. The van der Waals surface area contributed by atoms with E-state index in [1.807, 2.05) is 0 Å². The number of hydrogen-bond acceptors (Lipinski definition) is 3. The molecule has 0 bridgehead atoms. The van der Waals surface area contributed by atoms with Gasteiger partial charge >= 0.3 is 6.09 Å². The maximum Gasteiger partial charge on any atom is 0.407 e. The maximum absolute atomic E-state index is 11.8. The lowest BCUT2D eigenvalue weighted by atomic mass is 9.45. The van der Waals surface area contributed by atoms with Gasteiger partial charge in [-0.25, -0.2) is 4.79 Å². The smallest absolute Gasteiger partial charge is 0.407 e. The van der Waals surface area contributed by atoms with Gasteiger partial charge in [-0.3, -0.25) is 0 Å². The number of amides is 1. The van der Waals surface area contributed by atoms with Gasteiger partial charge in [0.15, 0.2) is 0 Å². The van der Waals surface area contributed by atoms with E-state index in [2.05, 4.69) is 19.2 Å². The van der Waals surface area contributed by atoms with Crippen molar-refractivity contribution in [3.8, 4) is 0 Å². The summed E-state index contributed by atoms with van der Waals surface area (Å²) in [7, 11) is 1.46. The van der Waals surface area contributed by atoms with Gasteiger partial charge in [-0.15, -0.1) is 0 Å². The zero-order chi connectivity index (χ0) is 17.8. The van der Waals surface area contributed by atoms with Crippen LogP contribution in [0.2, 0.25) is 0 Å². The Hall–Kier alpha value is -0.770. The van der Waals surface area contributed by atoms with Crippen LogP contribution < -0.4 is 5.32 Å². The van der Waals surface area contributed by atoms with Crippen LogP contribution in [0.4, 0.5) is 4.79 Å². The Kier molecular flexibility index (Phi) is 4.33. The number of carbonyl (C=O) groups is 1. The largest absolute Gasteiger partial charge is 0.453 e. The molecule has 0 unspecified atom stereocenters. The van der Waals surface area contributed by atoms with Crippen molar-refractivity contribution in [3.63, 3.8) is 0 Å². The fraction of sp³-hybridized carbons (Fsp3) is 0.952. The van der Waals surface area contributed by atoms with Gasteiger partial charge in [-0.05, 0) is 92.3 Å². The predicted molar refractivity (Wildman–Crippen MR) is 97.1 cm³/mol. The van der Waals surface area contributed by atoms with Crippen LogP contribution in [0.1, 0.15) is 71.6 Å². The summed E-state index contributed by atoms with van der Waals surface area (Å²) in [5, 5.41) is 13.3. The standard InChI is InChI=1S/C21H35NO3/c1-20-10-8-14(23)12-13(20)4-5-15-16-6-7-18(22-19(24)25-3)21(16,2)11-9-17(15)20/h13-18,23H,4-12H2,1-3H3,(H,22,24)/t13-,14+,15-,16+,17+,18+,20-,21-/m0/s1. The molecule has 0 aromatic rings. The molecule has 4 rings (SSSR count). The van der Waals surface area contributed by atoms with Crippen molar-refractivity contribution in [1.82, 2.24) is 5.32 Å². The van der Waals surface area contributed by atoms with Crippen molar-refractivity contribution in [2.24, 2.45) is 34.5 Å². The van der Waals surface area contributed by atoms with Crippen molar-refractivity contribution in [2.75, 3.05) is 7.11 Å². The SMILES string of the molecule is COC(=O)N[C@@H]1CC[C@@H]2[C@@H]3CC[C@H]4C[C@H](O)CC[C@]4(C)[C@@H]3CC[C@@]21C. The third-order valence-electron chi connectivity index (χ3n) is 9.12. The molecule has 0 aliphatic heterocycles. The van der Waals surface area contributed by atoms with Crippen molar-refractivity contribution in [3.05, 3.63) is 0 Å². The van der Waals surface area contributed by atoms with Crippen LogP contribution in [0.5, 0.6) is 0 Å². The fourth-order valence-electron chi connectivity index (χ4n) is 7.67. The molecule has 4 aliphatic rings. The van der Waals surface area contributed by atoms with Crippen LogP contribution in [-0.2, 0) is 4.74 Å². The van der Waals surface area contributed by atoms with E-state index >= 15 is 0 Å². The molecule has 4 fully saturated rings. The Balaban J connectivity index is 1.55. The topological polar surface area (TPSA) is 58.6 Å². The minimum Gasteiger partial charge on any atom is -0.453 e. The minimum atomic E-state index is -0.272. The lowest BCUT2D eigenvalue weighted by Crippen LogP contribution is -2.56. The number of methoxy groups -OCH3 is 1. The number of hydrogen-bond donors (Lipinski definition) is 2. The van der Waals surface area contributed by atoms with Gasteiger partial charge in [0, 0.05) is 6.04 Å². The summed E-state index contributed by atoms with van der Waals surface area (Å²) in [5.41, 5.74) is 0.657. The number of aliphatic hydroxyl groups is 1. The van der Waals surface area contributed by atoms with Crippen LogP contribution in [0.15, 0.2) is 0 Å². The highest BCUT2D eigenvalue weighted by Gasteiger charge is 2.60. The number of alkyl carbamates (subject to hydrolysis) is 1. The highest BCUT2D eigenvalue weighted by Crippen LogP contribution is 2.66. The third-order valence-corrected chi connectivity index (χ3v) is 9.12. The van der Waals surface area contributed by atoms with E-state index in [1.54, 1.807) is 0 Å². The molecule has 142 valence electrons. The Morgan fingerprint density at radius 1 is 1.00 bits per heavy atom. The number of aliphatic hydroxyl groups excluding tert-OH is 1. The molecule has 0 radical (unpaired) electrons. The molecule has 2 N–H and O–H groups in total. The fourth-order valence-corrected chi connectivity index (χ4v) is 7.67. The summed E-state index contributed by atoms with van der Waals surface area (Å²) in [5.74, 6) is 3.07. The van der Waals surface area contributed by atoms with Gasteiger partial charge in [-0.1, -0.05) is 13.8 Å². The Bertz CT molecular complexity index is 537. The number of fused-ring (bicyclic) bond motifs is 5. The second kappa shape index (κ2) is 6.14.